The zero-order chi connectivity index (χ0) is 24.2. The van der Waals surface area contributed by atoms with Crippen molar-refractivity contribution in [3.05, 3.63) is 64.9 Å². The third-order valence-corrected chi connectivity index (χ3v) is 6.46. The fourth-order valence-electron chi connectivity index (χ4n) is 4.42. The molecule has 0 aliphatic carbocycles. The summed E-state index contributed by atoms with van der Waals surface area (Å²) < 4.78 is 16.6. The Morgan fingerprint density at radius 2 is 1.94 bits per heavy atom. The minimum atomic E-state index is -0.536. The highest BCUT2D eigenvalue weighted by atomic mass is 35.5. The monoisotopic (exact) mass is 498 g/mol. The van der Waals surface area contributed by atoms with E-state index in [0.29, 0.717) is 28.7 Å². The lowest BCUT2D eigenvalue weighted by Gasteiger charge is -2.25. The van der Waals surface area contributed by atoms with Crippen molar-refractivity contribution in [2.75, 3.05) is 44.9 Å². The lowest BCUT2D eigenvalue weighted by molar-refractivity contribution is 0.0382. The van der Waals surface area contributed by atoms with Gasteiger partial charge in [0.25, 0.3) is 0 Å². The average molecular weight is 499 g/mol. The van der Waals surface area contributed by atoms with Gasteiger partial charge < -0.3 is 14.2 Å². The number of hydrogen-bond acceptors (Lipinski definition) is 8. The van der Waals surface area contributed by atoms with Crippen LogP contribution in [0.3, 0.4) is 0 Å². The fraction of sp³-hybridized carbons (Fsp3) is 0.417. The highest BCUT2D eigenvalue weighted by Crippen LogP contribution is 2.39. The standard InChI is InChI=1S/C24H27ClN6O4/c1-33-20-4-2-3-17(15-20)23-21(35-24(32)31(23)19-7-5-18(25)6-8-19)16-30-27-22(26-28-30)9-10-29-11-13-34-14-12-29/h2-8,15,21,23H,9-14,16H2,1H3/t21-,23-/m0/s1. The first-order chi connectivity index (χ1) is 17.1. The molecule has 2 fully saturated rings. The predicted octanol–water partition coefficient (Wildman–Crippen LogP) is 2.98. The molecule has 3 aromatic rings. The Kier molecular flexibility index (Phi) is 7.12. The summed E-state index contributed by atoms with van der Waals surface area (Å²) in [5, 5.41) is 13.6. The summed E-state index contributed by atoms with van der Waals surface area (Å²) in [6.45, 7) is 4.45. The van der Waals surface area contributed by atoms with Crippen molar-refractivity contribution < 1.29 is 19.0 Å². The Labute approximate surface area is 208 Å². The number of amides is 1. The van der Waals surface area contributed by atoms with Crippen molar-refractivity contribution in [3.63, 3.8) is 0 Å². The summed E-state index contributed by atoms with van der Waals surface area (Å²) in [6, 6.07) is 14.3. The molecule has 11 heteroatoms. The molecule has 0 radical (unpaired) electrons. The Morgan fingerprint density at radius 1 is 1.14 bits per heavy atom. The van der Waals surface area contributed by atoms with Gasteiger partial charge in [-0.1, -0.05) is 23.7 Å². The number of anilines is 1. The highest BCUT2D eigenvalue weighted by Gasteiger charge is 2.44. The van der Waals surface area contributed by atoms with Gasteiger partial charge in [-0.15, -0.1) is 10.2 Å². The maximum atomic E-state index is 13.0. The van der Waals surface area contributed by atoms with E-state index in [1.165, 1.54) is 4.80 Å². The number of carbonyl (C=O) groups is 1. The SMILES string of the molecule is COc1cccc([C@H]2[C@H](Cn3nnc(CCN4CCOCC4)n3)OC(=O)N2c2ccc(Cl)cc2)c1. The Hall–Kier alpha value is -3.21. The smallest absolute Gasteiger partial charge is 0.415 e. The van der Waals surface area contributed by atoms with E-state index in [-0.39, 0.29) is 6.54 Å². The third kappa shape index (κ3) is 5.39. The Morgan fingerprint density at radius 3 is 2.71 bits per heavy atom. The molecule has 0 bridgehead atoms. The number of carbonyl (C=O) groups excluding carboxylic acids is 1. The lowest BCUT2D eigenvalue weighted by Crippen LogP contribution is -2.37. The number of ether oxygens (including phenoxy) is 3. The Bertz CT molecular complexity index is 1150. The molecule has 0 spiro atoms. The molecule has 1 aromatic heterocycles. The second-order valence-electron chi connectivity index (χ2n) is 8.45. The van der Waals surface area contributed by atoms with Crippen molar-refractivity contribution >= 4 is 23.4 Å². The number of tetrazole rings is 1. The van der Waals surface area contributed by atoms with Gasteiger partial charge in [-0.05, 0) is 47.2 Å². The molecule has 0 N–H and O–H groups in total. The summed E-state index contributed by atoms with van der Waals surface area (Å²) in [5.74, 6) is 1.36. The maximum Gasteiger partial charge on any atom is 0.415 e. The molecule has 1 amide bonds. The van der Waals surface area contributed by atoms with Crippen molar-refractivity contribution in [2.24, 2.45) is 0 Å². The van der Waals surface area contributed by atoms with Crippen LogP contribution in [0.1, 0.15) is 17.4 Å². The highest BCUT2D eigenvalue weighted by molar-refractivity contribution is 6.30. The van der Waals surface area contributed by atoms with E-state index in [1.54, 1.807) is 36.3 Å². The largest absolute Gasteiger partial charge is 0.497 e. The summed E-state index contributed by atoms with van der Waals surface area (Å²) >= 11 is 6.07. The van der Waals surface area contributed by atoms with Crippen LogP contribution in [0.15, 0.2) is 48.5 Å². The first-order valence-corrected chi connectivity index (χ1v) is 11.9. The van der Waals surface area contributed by atoms with Gasteiger partial charge in [-0.3, -0.25) is 9.80 Å². The van der Waals surface area contributed by atoms with Gasteiger partial charge in [0.1, 0.15) is 24.4 Å². The summed E-state index contributed by atoms with van der Waals surface area (Å²) in [4.78, 5) is 18.5. The molecule has 5 rings (SSSR count). The average Bonchev–Trinajstić information content (AvgIpc) is 3.47. The van der Waals surface area contributed by atoms with Gasteiger partial charge in [-0.2, -0.15) is 4.80 Å². The summed E-state index contributed by atoms with van der Waals surface area (Å²) in [7, 11) is 1.61. The number of rotatable bonds is 8. The van der Waals surface area contributed by atoms with Gasteiger partial charge >= 0.3 is 6.09 Å². The van der Waals surface area contributed by atoms with Crippen LogP contribution in [0.5, 0.6) is 5.75 Å². The van der Waals surface area contributed by atoms with Crippen LogP contribution in [0.25, 0.3) is 0 Å². The van der Waals surface area contributed by atoms with Crippen LogP contribution < -0.4 is 9.64 Å². The van der Waals surface area contributed by atoms with Crippen molar-refractivity contribution in [3.8, 4) is 5.75 Å². The fourth-order valence-corrected chi connectivity index (χ4v) is 4.55. The van der Waals surface area contributed by atoms with E-state index in [2.05, 4.69) is 20.3 Å². The van der Waals surface area contributed by atoms with E-state index < -0.39 is 18.2 Å². The van der Waals surface area contributed by atoms with Crippen LogP contribution in [-0.2, 0) is 22.4 Å². The van der Waals surface area contributed by atoms with E-state index >= 15 is 0 Å². The Balaban J connectivity index is 1.36. The zero-order valence-electron chi connectivity index (χ0n) is 19.4. The van der Waals surface area contributed by atoms with Crippen LogP contribution in [0, 0.1) is 0 Å². The molecule has 3 heterocycles. The van der Waals surface area contributed by atoms with Gasteiger partial charge in [-0.25, -0.2) is 4.79 Å². The van der Waals surface area contributed by atoms with Crippen molar-refractivity contribution in [2.45, 2.75) is 25.1 Å². The number of cyclic esters (lactones) is 1. The minimum Gasteiger partial charge on any atom is -0.497 e. The van der Waals surface area contributed by atoms with Crippen LogP contribution in [0.2, 0.25) is 5.02 Å². The second-order valence-corrected chi connectivity index (χ2v) is 8.89. The molecule has 10 nitrogen and oxygen atoms in total. The molecule has 0 unspecified atom stereocenters. The molecule has 0 saturated carbocycles. The van der Waals surface area contributed by atoms with Gasteiger partial charge in [0.05, 0.1) is 20.3 Å². The number of nitrogens with zero attached hydrogens (tertiary/aromatic N) is 6. The topological polar surface area (TPSA) is 94.8 Å². The number of methoxy groups -OCH3 is 1. The van der Waals surface area contributed by atoms with Crippen molar-refractivity contribution in [1.29, 1.82) is 0 Å². The number of hydrogen-bond donors (Lipinski definition) is 0. The second kappa shape index (κ2) is 10.6. The first-order valence-electron chi connectivity index (χ1n) is 11.6. The minimum absolute atomic E-state index is 0.266. The van der Waals surface area contributed by atoms with E-state index in [4.69, 9.17) is 25.8 Å². The number of morpholine rings is 1. The van der Waals surface area contributed by atoms with Gasteiger partial charge in [0, 0.05) is 36.8 Å². The third-order valence-electron chi connectivity index (χ3n) is 6.21. The van der Waals surface area contributed by atoms with E-state index in [9.17, 15) is 4.79 Å². The predicted molar refractivity (Wildman–Crippen MR) is 129 cm³/mol. The molecule has 2 aliphatic heterocycles. The molecule has 2 aliphatic rings. The quantitative estimate of drug-likeness (QED) is 0.468. The van der Waals surface area contributed by atoms with Gasteiger partial charge in [0.15, 0.2) is 5.82 Å². The first kappa shape index (κ1) is 23.5. The van der Waals surface area contributed by atoms with E-state index in [1.807, 2.05) is 24.3 Å². The lowest BCUT2D eigenvalue weighted by atomic mass is 9.99. The van der Waals surface area contributed by atoms with Gasteiger partial charge in [0.2, 0.25) is 0 Å². The summed E-state index contributed by atoms with van der Waals surface area (Å²) in [6.07, 6.45) is -0.287. The molecule has 2 atom stereocenters. The zero-order valence-corrected chi connectivity index (χ0v) is 20.2. The van der Waals surface area contributed by atoms with Crippen LogP contribution in [0.4, 0.5) is 10.5 Å². The molecule has 2 aromatic carbocycles. The molecule has 2 saturated heterocycles. The van der Waals surface area contributed by atoms with Crippen molar-refractivity contribution in [1.82, 2.24) is 25.1 Å². The number of halogens is 1. The molecule has 35 heavy (non-hydrogen) atoms. The molecular formula is C24H27ClN6O4. The number of aromatic nitrogens is 4. The summed E-state index contributed by atoms with van der Waals surface area (Å²) in [5.41, 5.74) is 1.57. The molecular weight excluding hydrogens is 472 g/mol. The molecule has 184 valence electrons. The number of benzene rings is 2. The maximum absolute atomic E-state index is 13.0. The van der Waals surface area contributed by atoms with Crippen LogP contribution >= 0.6 is 11.6 Å². The van der Waals surface area contributed by atoms with E-state index in [0.717, 1.165) is 38.4 Å². The van der Waals surface area contributed by atoms with Crippen LogP contribution in [-0.4, -0.2) is 77.3 Å². The normalized spacial score (nSPS) is 20.7.